The van der Waals surface area contributed by atoms with Crippen LogP contribution < -0.4 is 0 Å². The van der Waals surface area contributed by atoms with Crippen molar-refractivity contribution in [2.24, 2.45) is 5.92 Å². The van der Waals surface area contributed by atoms with E-state index in [0.29, 0.717) is 24.1 Å². The van der Waals surface area contributed by atoms with Gasteiger partial charge in [0.1, 0.15) is 0 Å². The minimum absolute atomic E-state index is 0.0492. The van der Waals surface area contributed by atoms with Crippen molar-refractivity contribution in [1.82, 2.24) is 4.90 Å². The largest absolute Gasteiger partial charge is 0.394 e. The molecule has 1 saturated heterocycles. The Morgan fingerprint density at radius 2 is 2.12 bits per heavy atom. The van der Waals surface area contributed by atoms with Crippen molar-refractivity contribution < 1.29 is 14.6 Å². The molecule has 0 atom stereocenters. The van der Waals surface area contributed by atoms with Crippen LogP contribution in [0.15, 0.2) is 0 Å². The monoisotopic (exact) mass is 247 g/mol. The minimum Gasteiger partial charge on any atom is -0.394 e. The Kier molecular flexibility index (Phi) is 7.03. The van der Waals surface area contributed by atoms with E-state index in [1.807, 2.05) is 0 Å². The molecule has 94 valence electrons. The summed E-state index contributed by atoms with van der Waals surface area (Å²) < 4.78 is 5.11. The summed E-state index contributed by atoms with van der Waals surface area (Å²) in [6.07, 6.45) is 1.97. The SMILES string of the molecule is CN1CCC(C(=O)SCCOCCO)CC1. The van der Waals surface area contributed by atoms with Crippen LogP contribution in [0.2, 0.25) is 0 Å². The lowest BCUT2D eigenvalue weighted by molar-refractivity contribution is -0.115. The van der Waals surface area contributed by atoms with E-state index < -0.39 is 0 Å². The van der Waals surface area contributed by atoms with Crippen LogP contribution in [0, 0.1) is 5.92 Å². The van der Waals surface area contributed by atoms with E-state index >= 15 is 0 Å². The molecular weight excluding hydrogens is 226 g/mol. The van der Waals surface area contributed by atoms with E-state index in [0.717, 1.165) is 25.9 Å². The molecule has 0 unspecified atom stereocenters. The molecule has 0 radical (unpaired) electrons. The Labute approximate surface area is 101 Å². The highest BCUT2D eigenvalue weighted by Gasteiger charge is 2.23. The standard InChI is InChI=1S/C11H21NO3S/c1-12-4-2-10(3-5-12)11(14)16-9-8-15-7-6-13/h10,13H,2-9H2,1H3. The van der Waals surface area contributed by atoms with Crippen molar-refractivity contribution in [3.63, 3.8) is 0 Å². The molecule has 0 spiro atoms. The summed E-state index contributed by atoms with van der Waals surface area (Å²) in [5.74, 6) is 0.935. The second-order valence-electron chi connectivity index (χ2n) is 4.08. The number of rotatable bonds is 6. The zero-order valence-corrected chi connectivity index (χ0v) is 10.7. The summed E-state index contributed by atoms with van der Waals surface area (Å²) in [5, 5.41) is 8.81. The first-order chi connectivity index (χ1) is 7.74. The quantitative estimate of drug-likeness (QED) is 0.696. The highest BCUT2D eigenvalue weighted by Crippen LogP contribution is 2.22. The summed E-state index contributed by atoms with van der Waals surface area (Å²) in [7, 11) is 2.09. The van der Waals surface area contributed by atoms with Gasteiger partial charge < -0.3 is 14.7 Å². The fraction of sp³-hybridized carbons (Fsp3) is 0.909. The molecule has 1 rings (SSSR count). The third-order valence-corrected chi connectivity index (χ3v) is 3.75. The van der Waals surface area contributed by atoms with Gasteiger partial charge in [0.2, 0.25) is 0 Å². The van der Waals surface area contributed by atoms with E-state index in [1.54, 1.807) is 0 Å². The number of thioether (sulfide) groups is 1. The van der Waals surface area contributed by atoms with Crippen LogP contribution >= 0.6 is 11.8 Å². The average molecular weight is 247 g/mol. The molecule has 1 aliphatic rings. The molecular formula is C11H21NO3S. The van der Waals surface area contributed by atoms with Gasteiger partial charge in [0.05, 0.1) is 19.8 Å². The Bertz CT molecular complexity index is 205. The minimum atomic E-state index is 0.0492. The number of nitrogens with zero attached hydrogens (tertiary/aromatic N) is 1. The van der Waals surface area contributed by atoms with Crippen molar-refractivity contribution in [3.05, 3.63) is 0 Å². The first-order valence-electron chi connectivity index (χ1n) is 5.78. The molecule has 16 heavy (non-hydrogen) atoms. The zero-order valence-electron chi connectivity index (χ0n) is 9.85. The number of piperidine rings is 1. The van der Waals surface area contributed by atoms with E-state index in [4.69, 9.17) is 9.84 Å². The molecule has 0 amide bonds. The summed E-state index contributed by atoms with van der Waals surface area (Å²) in [6, 6.07) is 0. The number of aliphatic hydroxyl groups excluding tert-OH is 1. The van der Waals surface area contributed by atoms with Crippen molar-refractivity contribution >= 4 is 16.9 Å². The fourth-order valence-electron chi connectivity index (χ4n) is 1.73. The topological polar surface area (TPSA) is 49.8 Å². The number of carbonyl (C=O) groups is 1. The average Bonchev–Trinajstić information content (AvgIpc) is 2.29. The van der Waals surface area contributed by atoms with Gasteiger partial charge in [0.25, 0.3) is 0 Å². The number of hydrogen-bond donors (Lipinski definition) is 1. The summed E-state index contributed by atoms with van der Waals surface area (Å²) in [5.41, 5.74) is 0. The Morgan fingerprint density at radius 3 is 2.75 bits per heavy atom. The van der Waals surface area contributed by atoms with Crippen LogP contribution in [0.4, 0.5) is 0 Å². The van der Waals surface area contributed by atoms with Crippen LogP contribution in [-0.4, -0.2) is 60.8 Å². The predicted molar refractivity (Wildman–Crippen MR) is 65.6 cm³/mol. The van der Waals surface area contributed by atoms with Gasteiger partial charge in [0, 0.05) is 11.7 Å². The van der Waals surface area contributed by atoms with Crippen molar-refractivity contribution in [2.75, 3.05) is 45.7 Å². The maximum absolute atomic E-state index is 11.8. The maximum Gasteiger partial charge on any atom is 0.192 e. The Hall–Kier alpha value is -0.100. The molecule has 1 fully saturated rings. The second-order valence-corrected chi connectivity index (χ2v) is 5.18. The van der Waals surface area contributed by atoms with Crippen molar-refractivity contribution in [2.45, 2.75) is 12.8 Å². The summed E-state index contributed by atoms with van der Waals surface area (Å²) in [6.45, 7) is 3.01. The third kappa shape index (κ3) is 5.30. The highest BCUT2D eigenvalue weighted by molar-refractivity contribution is 8.13. The van der Waals surface area contributed by atoms with Crippen molar-refractivity contribution in [1.29, 1.82) is 0 Å². The van der Waals surface area contributed by atoms with Gasteiger partial charge in [0.15, 0.2) is 5.12 Å². The van der Waals surface area contributed by atoms with Crippen LogP contribution in [-0.2, 0) is 9.53 Å². The van der Waals surface area contributed by atoms with Crippen LogP contribution in [0.1, 0.15) is 12.8 Å². The van der Waals surface area contributed by atoms with Crippen LogP contribution in [0.5, 0.6) is 0 Å². The molecule has 0 aromatic carbocycles. The first-order valence-corrected chi connectivity index (χ1v) is 6.76. The van der Waals surface area contributed by atoms with Gasteiger partial charge >= 0.3 is 0 Å². The van der Waals surface area contributed by atoms with Gasteiger partial charge in [-0.3, -0.25) is 4.79 Å². The first kappa shape index (κ1) is 14.0. The van der Waals surface area contributed by atoms with Crippen LogP contribution in [0.3, 0.4) is 0 Å². The van der Waals surface area contributed by atoms with Gasteiger partial charge in [-0.1, -0.05) is 11.8 Å². The van der Waals surface area contributed by atoms with Crippen LogP contribution in [0.25, 0.3) is 0 Å². The summed E-state index contributed by atoms with van der Waals surface area (Å²) >= 11 is 1.37. The normalized spacial score (nSPS) is 18.9. The lowest BCUT2D eigenvalue weighted by Crippen LogP contribution is -2.32. The highest BCUT2D eigenvalue weighted by atomic mass is 32.2. The van der Waals surface area contributed by atoms with E-state index in [9.17, 15) is 4.79 Å². The predicted octanol–water partition coefficient (Wildman–Crippen LogP) is 0.597. The molecule has 4 nitrogen and oxygen atoms in total. The Balaban J connectivity index is 2.06. The molecule has 0 aromatic heterocycles. The van der Waals surface area contributed by atoms with Crippen molar-refractivity contribution in [3.8, 4) is 0 Å². The van der Waals surface area contributed by atoms with Gasteiger partial charge in [-0.05, 0) is 33.0 Å². The molecule has 1 aliphatic heterocycles. The number of hydrogen-bond acceptors (Lipinski definition) is 5. The van der Waals surface area contributed by atoms with E-state index in [1.165, 1.54) is 11.8 Å². The Morgan fingerprint density at radius 1 is 1.44 bits per heavy atom. The lowest BCUT2D eigenvalue weighted by atomic mass is 9.99. The zero-order chi connectivity index (χ0) is 11.8. The van der Waals surface area contributed by atoms with Gasteiger partial charge in [-0.15, -0.1) is 0 Å². The lowest BCUT2D eigenvalue weighted by Gasteiger charge is -2.27. The molecule has 0 saturated carbocycles. The van der Waals surface area contributed by atoms with Gasteiger partial charge in [-0.25, -0.2) is 0 Å². The molecule has 0 bridgehead atoms. The number of carbonyl (C=O) groups excluding carboxylic acids is 1. The fourth-order valence-corrected chi connectivity index (χ4v) is 2.60. The summed E-state index contributed by atoms with van der Waals surface area (Å²) in [4.78, 5) is 14.0. The molecule has 1 heterocycles. The van der Waals surface area contributed by atoms with E-state index in [-0.39, 0.29) is 12.5 Å². The molecule has 1 N–H and O–H groups in total. The van der Waals surface area contributed by atoms with Gasteiger partial charge in [-0.2, -0.15) is 0 Å². The second kappa shape index (κ2) is 8.06. The molecule has 0 aliphatic carbocycles. The smallest absolute Gasteiger partial charge is 0.192 e. The number of aliphatic hydroxyl groups is 1. The number of likely N-dealkylation sites (tertiary alicyclic amines) is 1. The third-order valence-electron chi connectivity index (χ3n) is 2.76. The van der Waals surface area contributed by atoms with E-state index in [2.05, 4.69) is 11.9 Å². The maximum atomic E-state index is 11.8. The number of ether oxygens (including phenoxy) is 1. The molecule has 5 heteroatoms. The molecule has 0 aromatic rings.